The van der Waals surface area contributed by atoms with E-state index in [-0.39, 0.29) is 11.9 Å². The smallest absolute Gasteiger partial charge is 0.235 e. The summed E-state index contributed by atoms with van der Waals surface area (Å²) in [5.41, 5.74) is 2.13. The van der Waals surface area contributed by atoms with Gasteiger partial charge in [0.15, 0.2) is 11.6 Å². The molecule has 0 saturated heterocycles. The van der Waals surface area contributed by atoms with Gasteiger partial charge in [-0.3, -0.25) is 4.79 Å². The number of fused-ring (bicyclic) bond motifs is 2. The molecule has 2 aromatic carbocycles. The monoisotopic (exact) mass is 328 g/mol. The molecule has 24 heavy (non-hydrogen) atoms. The van der Waals surface area contributed by atoms with Crippen molar-refractivity contribution >= 4 is 17.3 Å². The number of hydrogen-bond donors (Lipinski definition) is 2. The number of anilines is 2. The Morgan fingerprint density at radius 3 is 2.54 bits per heavy atom. The van der Waals surface area contributed by atoms with Crippen LogP contribution in [0.2, 0.25) is 0 Å². The highest BCUT2D eigenvalue weighted by atomic mass is 19.2. The van der Waals surface area contributed by atoms with Crippen molar-refractivity contribution in [3.05, 3.63) is 59.7 Å². The first-order chi connectivity index (χ1) is 11.6. The van der Waals surface area contributed by atoms with Gasteiger partial charge in [0.05, 0.1) is 5.41 Å². The normalized spacial score (nSPS) is 25.4. The van der Waals surface area contributed by atoms with Crippen molar-refractivity contribution in [2.45, 2.75) is 37.1 Å². The van der Waals surface area contributed by atoms with Crippen molar-refractivity contribution < 1.29 is 13.6 Å². The van der Waals surface area contributed by atoms with Gasteiger partial charge in [0.25, 0.3) is 0 Å². The second-order valence-electron chi connectivity index (χ2n) is 6.63. The average molecular weight is 328 g/mol. The summed E-state index contributed by atoms with van der Waals surface area (Å²) in [5, 5.41) is 6.24. The van der Waals surface area contributed by atoms with E-state index in [0.29, 0.717) is 5.69 Å². The van der Waals surface area contributed by atoms with Crippen molar-refractivity contribution in [1.29, 1.82) is 0 Å². The van der Waals surface area contributed by atoms with Gasteiger partial charge in [0.2, 0.25) is 5.91 Å². The fraction of sp³-hybridized carbons (Fsp3) is 0.316. The van der Waals surface area contributed by atoms with Crippen LogP contribution in [-0.4, -0.2) is 11.9 Å². The summed E-state index contributed by atoms with van der Waals surface area (Å²) in [5.74, 6) is -1.62. The van der Waals surface area contributed by atoms with Crippen LogP contribution < -0.4 is 10.6 Å². The van der Waals surface area contributed by atoms with E-state index in [4.69, 9.17) is 0 Å². The minimum absolute atomic E-state index is 0.0787. The molecule has 2 aromatic rings. The highest BCUT2D eigenvalue weighted by Crippen LogP contribution is 2.47. The summed E-state index contributed by atoms with van der Waals surface area (Å²) in [6.45, 7) is 0. The van der Waals surface area contributed by atoms with E-state index in [2.05, 4.69) is 10.6 Å². The molecule has 1 aliphatic carbocycles. The molecule has 1 spiro atoms. The zero-order valence-electron chi connectivity index (χ0n) is 13.1. The van der Waals surface area contributed by atoms with Crippen molar-refractivity contribution in [2.75, 3.05) is 10.6 Å². The largest absolute Gasteiger partial charge is 0.382 e. The molecule has 1 saturated carbocycles. The van der Waals surface area contributed by atoms with Gasteiger partial charge in [-0.1, -0.05) is 18.2 Å². The van der Waals surface area contributed by atoms with Gasteiger partial charge in [-0.2, -0.15) is 0 Å². The van der Waals surface area contributed by atoms with Gasteiger partial charge >= 0.3 is 0 Å². The van der Waals surface area contributed by atoms with E-state index in [1.165, 1.54) is 6.07 Å². The second kappa shape index (κ2) is 5.58. The van der Waals surface area contributed by atoms with Crippen molar-refractivity contribution in [3.8, 4) is 0 Å². The summed E-state index contributed by atoms with van der Waals surface area (Å²) in [4.78, 5) is 12.5. The Labute approximate surface area is 139 Å². The zero-order chi connectivity index (χ0) is 16.7. The molecule has 1 heterocycles. The Hall–Kier alpha value is -2.43. The van der Waals surface area contributed by atoms with Crippen molar-refractivity contribution in [2.24, 2.45) is 0 Å². The number of carbonyl (C=O) groups is 1. The van der Waals surface area contributed by atoms with Crippen LogP contribution in [0.15, 0.2) is 42.5 Å². The molecule has 0 radical (unpaired) electrons. The summed E-state index contributed by atoms with van der Waals surface area (Å²) in [6, 6.07) is 11.9. The number of hydrogen-bond acceptors (Lipinski definition) is 2. The van der Waals surface area contributed by atoms with Gasteiger partial charge in [0.1, 0.15) is 0 Å². The van der Waals surface area contributed by atoms with E-state index >= 15 is 0 Å². The van der Waals surface area contributed by atoms with Crippen LogP contribution in [0.25, 0.3) is 0 Å². The summed E-state index contributed by atoms with van der Waals surface area (Å²) >= 11 is 0. The Kier molecular flexibility index (Phi) is 3.52. The lowest BCUT2D eigenvalue weighted by Crippen LogP contribution is -2.41. The molecule has 0 bridgehead atoms. The highest BCUT2D eigenvalue weighted by molar-refractivity contribution is 6.06. The first-order valence-electron chi connectivity index (χ1n) is 8.21. The minimum atomic E-state index is -0.851. The van der Waals surface area contributed by atoms with Gasteiger partial charge in [-0.15, -0.1) is 0 Å². The number of halogens is 2. The number of rotatable bonds is 2. The Morgan fingerprint density at radius 2 is 1.79 bits per heavy atom. The summed E-state index contributed by atoms with van der Waals surface area (Å²) < 4.78 is 26.3. The lowest BCUT2D eigenvalue weighted by atomic mass is 9.69. The van der Waals surface area contributed by atoms with Gasteiger partial charge in [-0.05, 0) is 49.4 Å². The van der Waals surface area contributed by atoms with Crippen LogP contribution in [0.1, 0.15) is 31.2 Å². The van der Waals surface area contributed by atoms with E-state index in [1.54, 1.807) is 6.07 Å². The number of carbonyl (C=O) groups excluding carboxylic acids is 1. The van der Waals surface area contributed by atoms with E-state index < -0.39 is 17.0 Å². The maximum atomic E-state index is 13.3. The standard InChI is InChI=1S/C19H18F2N2O/c20-15-6-5-13(11-16(15)21)22-12-7-9-19(10-8-12)14-3-1-2-4-17(14)23-18(19)24/h1-6,11-12,22H,7-10H2,(H,23,24). The first-order valence-corrected chi connectivity index (χ1v) is 8.21. The predicted molar refractivity (Wildman–Crippen MR) is 89.0 cm³/mol. The highest BCUT2D eigenvalue weighted by Gasteiger charge is 2.48. The van der Waals surface area contributed by atoms with Crippen LogP contribution >= 0.6 is 0 Å². The van der Waals surface area contributed by atoms with Gasteiger partial charge in [0, 0.05) is 23.5 Å². The molecular formula is C19H18F2N2O. The zero-order valence-corrected chi connectivity index (χ0v) is 13.1. The molecule has 0 atom stereocenters. The van der Waals surface area contributed by atoms with E-state index in [1.807, 2.05) is 24.3 Å². The SMILES string of the molecule is O=C1Nc2ccccc2C12CCC(Nc1ccc(F)c(F)c1)CC2. The Balaban J connectivity index is 1.49. The fourth-order valence-corrected chi connectivity index (χ4v) is 3.95. The summed E-state index contributed by atoms with van der Waals surface area (Å²) in [7, 11) is 0. The lowest BCUT2D eigenvalue weighted by molar-refractivity contribution is -0.122. The molecule has 1 aliphatic heterocycles. The molecule has 2 aliphatic rings. The molecule has 1 fully saturated rings. The number of amides is 1. The van der Waals surface area contributed by atoms with Crippen molar-refractivity contribution in [3.63, 3.8) is 0 Å². The van der Waals surface area contributed by atoms with Gasteiger partial charge < -0.3 is 10.6 Å². The quantitative estimate of drug-likeness (QED) is 0.867. The van der Waals surface area contributed by atoms with Crippen LogP contribution in [0, 0.1) is 11.6 Å². The lowest BCUT2D eigenvalue weighted by Gasteiger charge is -2.36. The molecular weight excluding hydrogens is 310 g/mol. The Morgan fingerprint density at radius 1 is 1.04 bits per heavy atom. The minimum Gasteiger partial charge on any atom is -0.382 e. The van der Waals surface area contributed by atoms with Crippen molar-refractivity contribution in [1.82, 2.24) is 0 Å². The summed E-state index contributed by atoms with van der Waals surface area (Å²) in [6.07, 6.45) is 3.11. The molecule has 5 heteroatoms. The van der Waals surface area contributed by atoms with Crippen LogP contribution in [-0.2, 0) is 10.2 Å². The predicted octanol–water partition coefficient (Wildman–Crippen LogP) is 4.21. The van der Waals surface area contributed by atoms with E-state index in [0.717, 1.165) is 43.0 Å². The molecule has 0 unspecified atom stereocenters. The molecule has 3 nitrogen and oxygen atoms in total. The second-order valence-corrected chi connectivity index (χ2v) is 6.63. The van der Waals surface area contributed by atoms with Crippen LogP contribution in [0.4, 0.5) is 20.2 Å². The topological polar surface area (TPSA) is 41.1 Å². The number of nitrogens with one attached hydrogen (secondary N) is 2. The third-order valence-corrected chi connectivity index (χ3v) is 5.26. The molecule has 2 N–H and O–H groups in total. The van der Waals surface area contributed by atoms with E-state index in [9.17, 15) is 13.6 Å². The fourth-order valence-electron chi connectivity index (χ4n) is 3.95. The number of para-hydroxylation sites is 1. The molecule has 124 valence electrons. The van der Waals surface area contributed by atoms with Gasteiger partial charge in [-0.25, -0.2) is 8.78 Å². The molecule has 4 rings (SSSR count). The third kappa shape index (κ3) is 2.35. The Bertz CT molecular complexity index is 798. The van der Waals surface area contributed by atoms with Crippen LogP contribution in [0.3, 0.4) is 0 Å². The third-order valence-electron chi connectivity index (χ3n) is 5.26. The maximum Gasteiger partial charge on any atom is 0.235 e. The maximum absolute atomic E-state index is 13.3. The van der Waals surface area contributed by atoms with Crippen LogP contribution in [0.5, 0.6) is 0 Å². The molecule has 0 aromatic heterocycles. The number of benzene rings is 2. The average Bonchev–Trinajstić information content (AvgIpc) is 2.85. The first kappa shape index (κ1) is 15.1. The molecule has 1 amide bonds.